The molecular formula is C14H17F5N2O3S. The van der Waals surface area contributed by atoms with Crippen LogP contribution in [0, 0.1) is 17.2 Å². The van der Waals surface area contributed by atoms with E-state index in [1.54, 1.807) is 6.07 Å². The van der Waals surface area contributed by atoms with Gasteiger partial charge in [0.1, 0.15) is 6.07 Å². The lowest BCUT2D eigenvalue weighted by Gasteiger charge is -2.34. The largest absolute Gasteiger partial charge is 0.337 e. The Morgan fingerprint density at radius 1 is 0.920 bits per heavy atom. The van der Waals surface area contributed by atoms with Gasteiger partial charge < -0.3 is 0 Å². The van der Waals surface area contributed by atoms with Crippen molar-refractivity contribution >= 4 is 15.8 Å². The highest BCUT2D eigenvalue weighted by molar-refractivity contribution is 7.87. The molecule has 5 nitrogen and oxygen atoms in total. The Morgan fingerprint density at radius 2 is 1.40 bits per heavy atom. The number of alkyl halides is 5. The molecule has 2 fully saturated rings. The molecule has 0 amide bonds. The van der Waals surface area contributed by atoms with Crippen LogP contribution in [0.2, 0.25) is 0 Å². The molecule has 2 aliphatic rings. The van der Waals surface area contributed by atoms with E-state index in [2.05, 4.69) is 9.44 Å². The molecule has 2 aliphatic carbocycles. The predicted molar refractivity (Wildman–Crippen MR) is 77.9 cm³/mol. The molecule has 0 aromatic rings. The number of halogens is 5. The molecule has 142 valence electrons. The first-order valence-corrected chi connectivity index (χ1v) is 9.28. The third-order valence-electron chi connectivity index (χ3n) is 4.52. The second-order valence-corrected chi connectivity index (χ2v) is 7.86. The summed E-state index contributed by atoms with van der Waals surface area (Å²) in [5.41, 5.74) is -0.276. The van der Waals surface area contributed by atoms with Crippen LogP contribution in [-0.4, -0.2) is 50.2 Å². The lowest BCUT2D eigenvalue weighted by molar-refractivity contribution is -0.0494. The topological polar surface area (TPSA) is 79.5 Å². The maximum Gasteiger partial charge on any atom is 0.337 e. The molecule has 4 unspecified atom stereocenters. The van der Waals surface area contributed by atoms with Gasteiger partial charge in [-0.25, -0.2) is 22.0 Å². The van der Waals surface area contributed by atoms with Crippen LogP contribution in [0.25, 0.3) is 0 Å². The summed E-state index contributed by atoms with van der Waals surface area (Å²) in [6, 6.07) is 1.66. The predicted octanol–water partition coefficient (Wildman–Crippen LogP) is 2.87. The highest BCUT2D eigenvalue weighted by atomic mass is 32.2. The Morgan fingerprint density at radius 3 is 1.88 bits per heavy atom. The zero-order valence-electron chi connectivity index (χ0n) is 13.0. The van der Waals surface area contributed by atoms with E-state index in [-0.39, 0.29) is 11.6 Å². The first kappa shape index (κ1) is 19.9. The lowest BCUT2D eigenvalue weighted by atomic mass is 9.86. The van der Waals surface area contributed by atoms with E-state index < -0.39 is 46.2 Å². The van der Waals surface area contributed by atoms with Crippen molar-refractivity contribution in [1.29, 1.82) is 5.26 Å². The first-order valence-electron chi connectivity index (χ1n) is 7.81. The molecule has 0 aromatic carbocycles. The van der Waals surface area contributed by atoms with Gasteiger partial charge in [-0.1, -0.05) is 24.4 Å². The van der Waals surface area contributed by atoms with Crippen molar-refractivity contribution in [3.63, 3.8) is 0 Å². The monoisotopic (exact) mass is 388 g/mol. The molecular weight excluding hydrogens is 371 g/mol. The van der Waals surface area contributed by atoms with Gasteiger partial charge in [-0.2, -0.15) is 13.7 Å². The van der Waals surface area contributed by atoms with E-state index in [4.69, 9.17) is 5.26 Å². The van der Waals surface area contributed by atoms with Gasteiger partial charge in [0, 0.05) is 5.92 Å². The van der Waals surface area contributed by atoms with Crippen LogP contribution in [0.4, 0.5) is 22.0 Å². The van der Waals surface area contributed by atoms with E-state index in [9.17, 15) is 30.4 Å². The van der Waals surface area contributed by atoms with Gasteiger partial charge in [-0.3, -0.25) is 4.28 Å². The summed E-state index contributed by atoms with van der Waals surface area (Å²) < 4.78 is 95.4. The zero-order valence-corrected chi connectivity index (χ0v) is 13.8. The fourth-order valence-corrected chi connectivity index (χ4v) is 4.31. The van der Waals surface area contributed by atoms with Crippen molar-refractivity contribution in [3.8, 4) is 6.07 Å². The Labute approximate surface area is 141 Å². The third kappa shape index (κ3) is 4.04. The lowest BCUT2D eigenvalue weighted by Crippen LogP contribution is -2.59. The fourth-order valence-electron chi connectivity index (χ4n) is 3.09. The molecule has 0 radical (unpaired) electrons. The minimum Gasteiger partial charge on any atom is -0.267 e. The van der Waals surface area contributed by atoms with E-state index in [0.29, 0.717) is 12.8 Å². The smallest absolute Gasteiger partial charge is 0.267 e. The van der Waals surface area contributed by atoms with Crippen LogP contribution in [-0.2, 0) is 14.4 Å². The van der Waals surface area contributed by atoms with Crippen molar-refractivity contribution in [2.75, 3.05) is 0 Å². The molecule has 25 heavy (non-hydrogen) atoms. The molecule has 4 atom stereocenters. The summed E-state index contributed by atoms with van der Waals surface area (Å²) >= 11 is 0. The highest BCUT2D eigenvalue weighted by Gasteiger charge is 2.59. The van der Waals surface area contributed by atoms with Gasteiger partial charge in [0.15, 0.2) is 41.8 Å². The van der Waals surface area contributed by atoms with E-state index in [1.165, 1.54) is 0 Å². The van der Waals surface area contributed by atoms with Gasteiger partial charge in [-0.15, -0.1) is 0 Å². The zero-order chi connectivity index (χ0) is 18.8. The molecule has 0 aliphatic heterocycles. The molecule has 0 saturated heterocycles. The van der Waals surface area contributed by atoms with Gasteiger partial charge in [-0.05, 0) is 12.8 Å². The van der Waals surface area contributed by atoms with Crippen LogP contribution < -0.4 is 0 Å². The van der Waals surface area contributed by atoms with E-state index in [0.717, 1.165) is 19.3 Å². The number of nitriles is 1. The quantitative estimate of drug-likeness (QED) is 0.421. The van der Waals surface area contributed by atoms with Gasteiger partial charge >= 0.3 is 10.1 Å². The number of hydrogen-bond acceptors (Lipinski definition) is 5. The molecule has 2 rings (SSSR count). The molecule has 2 saturated carbocycles. The van der Waals surface area contributed by atoms with Crippen molar-refractivity contribution in [1.82, 2.24) is 0 Å². The maximum absolute atomic E-state index is 13.8. The van der Waals surface area contributed by atoms with Crippen LogP contribution in [0.3, 0.4) is 0 Å². The summed E-state index contributed by atoms with van der Waals surface area (Å²) in [4.78, 5) is 0. The average molecular weight is 388 g/mol. The number of rotatable bonds is 4. The second-order valence-electron chi connectivity index (χ2n) is 6.18. The van der Waals surface area contributed by atoms with Crippen molar-refractivity contribution in [2.45, 2.75) is 68.2 Å². The molecule has 0 N–H and O–H groups in total. The number of nitrogens with zero attached hydrogens (tertiary/aromatic N) is 2. The summed E-state index contributed by atoms with van der Waals surface area (Å²) in [5.74, 6) is -0.360. The van der Waals surface area contributed by atoms with Crippen LogP contribution in [0.15, 0.2) is 5.16 Å². The minimum atomic E-state index is -5.25. The van der Waals surface area contributed by atoms with Crippen LogP contribution >= 0.6 is 0 Å². The van der Waals surface area contributed by atoms with Crippen LogP contribution in [0.5, 0.6) is 0 Å². The summed E-state index contributed by atoms with van der Waals surface area (Å²) in [7, 11) is -5.25. The fraction of sp³-hybridized carbons (Fsp3) is 0.857. The molecule has 0 aromatic heterocycles. The molecule has 0 spiro atoms. The van der Waals surface area contributed by atoms with Crippen molar-refractivity contribution in [3.05, 3.63) is 0 Å². The Bertz CT molecular complexity index is 631. The summed E-state index contributed by atoms with van der Waals surface area (Å²) in [5, 5.41) is 9.28. The van der Waals surface area contributed by atoms with Gasteiger partial charge in [0.05, 0.1) is 0 Å². The molecule has 11 heteroatoms. The number of hydrogen-bond donors (Lipinski definition) is 0. The van der Waals surface area contributed by atoms with Gasteiger partial charge in [0.25, 0.3) is 0 Å². The average Bonchev–Trinajstić information content (AvgIpc) is 2.59. The summed E-state index contributed by atoms with van der Waals surface area (Å²) in [6.07, 6.45) is -12.0. The molecule has 0 bridgehead atoms. The minimum absolute atomic E-state index is 0.276. The Hall–Kier alpha value is -1.44. The standard InChI is InChI=1S/C14H17F5N2O3S/c15-9-10(16)12(18)14(13(19)11(9)17)25(22,23)24-21-8(6-20)7-4-2-1-3-5-7/h7,9-14H,1-5H2/b21-8-. The van der Waals surface area contributed by atoms with E-state index >= 15 is 0 Å². The normalized spacial score (nSPS) is 38.2. The highest BCUT2D eigenvalue weighted by Crippen LogP contribution is 2.36. The summed E-state index contributed by atoms with van der Waals surface area (Å²) in [6.45, 7) is 0. The van der Waals surface area contributed by atoms with E-state index in [1.807, 2.05) is 0 Å². The molecule has 0 heterocycles. The third-order valence-corrected chi connectivity index (χ3v) is 5.99. The number of oxime groups is 1. The second kappa shape index (κ2) is 7.85. The van der Waals surface area contributed by atoms with Crippen LogP contribution in [0.1, 0.15) is 32.1 Å². The Balaban J connectivity index is 2.19. The maximum atomic E-state index is 13.8. The Kier molecular flexibility index (Phi) is 6.24. The SMILES string of the molecule is N#C/C(=N/OS(=O)(=O)C1C(F)C(F)C(F)C(F)C1F)C1CCCCC1. The van der Waals surface area contributed by atoms with Crippen molar-refractivity contribution < 1.29 is 34.7 Å². The first-order chi connectivity index (χ1) is 11.7. The van der Waals surface area contributed by atoms with Gasteiger partial charge in [0.2, 0.25) is 0 Å². The van der Waals surface area contributed by atoms with Crippen molar-refractivity contribution in [2.24, 2.45) is 11.1 Å².